The van der Waals surface area contributed by atoms with E-state index in [1.54, 1.807) is 6.07 Å². The van der Waals surface area contributed by atoms with Gasteiger partial charge in [0, 0.05) is 25.8 Å². The normalized spacial score (nSPS) is 18.7. The molecule has 1 aromatic carbocycles. The molecule has 5 heteroatoms. The zero-order chi connectivity index (χ0) is 15.2. The van der Waals surface area contributed by atoms with Crippen LogP contribution in [-0.2, 0) is 16.1 Å². The van der Waals surface area contributed by atoms with Crippen LogP contribution >= 0.6 is 0 Å². The summed E-state index contributed by atoms with van der Waals surface area (Å²) in [4.78, 5) is 12.7. The monoisotopic (exact) mass is 293 g/mol. The average Bonchev–Trinajstić information content (AvgIpc) is 2.91. The molecular formula is C16H20FNO3. The molecule has 0 amide bonds. The molecule has 4 nitrogen and oxygen atoms in total. The van der Waals surface area contributed by atoms with Crippen LogP contribution in [0, 0.1) is 5.82 Å². The highest BCUT2D eigenvalue weighted by Gasteiger charge is 2.17. The van der Waals surface area contributed by atoms with Gasteiger partial charge in [-0.2, -0.15) is 0 Å². The van der Waals surface area contributed by atoms with Crippen LogP contribution in [-0.4, -0.2) is 42.3 Å². The summed E-state index contributed by atoms with van der Waals surface area (Å²) < 4.78 is 18.9. The number of halogens is 1. The van der Waals surface area contributed by atoms with E-state index in [-0.39, 0.29) is 11.9 Å². The number of aliphatic carboxylic acids is 1. The molecule has 0 aromatic heterocycles. The molecule has 0 saturated carbocycles. The first-order valence-electron chi connectivity index (χ1n) is 7.04. The Morgan fingerprint density at radius 1 is 1.57 bits per heavy atom. The molecule has 1 aliphatic heterocycles. The van der Waals surface area contributed by atoms with E-state index in [0.717, 1.165) is 37.6 Å². The van der Waals surface area contributed by atoms with Crippen LogP contribution in [0.4, 0.5) is 4.39 Å². The van der Waals surface area contributed by atoms with Crippen LogP contribution in [0.3, 0.4) is 0 Å². The second kappa shape index (κ2) is 7.33. The Morgan fingerprint density at radius 2 is 2.38 bits per heavy atom. The molecule has 21 heavy (non-hydrogen) atoms. The number of ether oxygens (including phenoxy) is 1. The van der Waals surface area contributed by atoms with Crippen molar-refractivity contribution in [1.29, 1.82) is 0 Å². The first kappa shape index (κ1) is 15.7. The average molecular weight is 293 g/mol. The molecule has 1 N–H and O–H groups in total. The number of carbonyl (C=O) groups is 1. The lowest BCUT2D eigenvalue weighted by Gasteiger charge is -2.21. The smallest absolute Gasteiger partial charge is 0.328 e. The Morgan fingerprint density at radius 3 is 3.05 bits per heavy atom. The predicted molar refractivity (Wildman–Crippen MR) is 78.4 cm³/mol. The van der Waals surface area contributed by atoms with E-state index in [4.69, 9.17) is 9.84 Å². The van der Waals surface area contributed by atoms with Gasteiger partial charge in [0.25, 0.3) is 0 Å². The van der Waals surface area contributed by atoms with Crippen LogP contribution in [0.15, 0.2) is 24.3 Å². The topological polar surface area (TPSA) is 49.8 Å². The van der Waals surface area contributed by atoms with Gasteiger partial charge in [-0.25, -0.2) is 9.18 Å². The molecule has 0 aliphatic carbocycles. The summed E-state index contributed by atoms with van der Waals surface area (Å²) in [6.45, 7) is 2.26. The summed E-state index contributed by atoms with van der Waals surface area (Å²) in [6, 6.07) is 4.45. The van der Waals surface area contributed by atoms with Crippen molar-refractivity contribution in [2.24, 2.45) is 0 Å². The number of carboxylic acids is 1. The van der Waals surface area contributed by atoms with Gasteiger partial charge in [-0.05, 0) is 49.2 Å². The van der Waals surface area contributed by atoms with Crippen molar-refractivity contribution in [3.8, 4) is 0 Å². The van der Waals surface area contributed by atoms with Crippen molar-refractivity contribution >= 4 is 12.0 Å². The van der Waals surface area contributed by atoms with Gasteiger partial charge in [0.1, 0.15) is 5.82 Å². The third kappa shape index (κ3) is 4.95. The van der Waals surface area contributed by atoms with E-state index in [9.17, 15) is 9.18 Å². The molecule has 0 spiro atoms. The summed E-state index contributed by atoms with van der Waals surface area (Å²) in [5.74, 6) is -1.41. The SMILES string of the molecule is CN(Cc1ccc(F)cc1C=CC(=O)O)CC1CCCO1. The highest BCUT2D eigenvalue weighted by molar-refractivity contribution is 5.85. The van der Waals surface area contributed by atoms with Gasteiger partial charge in [0.15, 0.2) is 0 Å². The Kier molecular flexibility index (Phi) is 5.47. The van der Waals surface area contributed by atoms with Crippen molar-refractivity contribution in [2.75, 3.05) is 20.2 Å². The largest absolute Gasteiger partial charge is 0.478 e. The lowest BCUT2D eigenvalue weighted by atomic mass is 10.1. The van der Waals surface area contributed by atoms with Crippen molar-refractivity contribution in [1.82, 2.24) is 4.90 Å². The molecule has 1 atom stereocenters. The van der Waals surface area contributed by atoms with Crippen molar-refractivity contribution in [3.05, 3.63) is 41.2 Å². The van der Waals surface area contributed by atoms with Crippen LogP contribution in [0.1, 0.15) is 24.0 Å². The molecule has 1 fully saturated rings. The summed E-state index contributed by atoms with van der Waals surface area (Å²) in [5, 5.41) is 8.70. The van der Waals surface area contributed by atoms with E-state index in [1.165, 1.54) is 18.2 Å². The number of rotatable bonds is 6. The van der Waals surface area contributed by atoms with Gasteiger partial charge in [-0.1, -0.05) is 6.07 Å². The molecule has 2 rings (SSSR count). The maximum Gasteiger partial charge on any atom is 0.328 e. The van der Waals surface area contributed by atoms with Gasteiger partial charge in [-0.15, -0.1) is 0 Å². The van der Waals surface area contributed by atoms with Crippen LogP contribution in [0.5, 0.6) is 0 Å². The molecule has 0 radical (unpaired) electrons. The number of benzene rings is 1. The highest BCUT2D eigenvalue weighted by Crippen LogP contribution is 2.17. The van der Waals surface area contributed by atoms with Crippen LogP contribution in [0.2, 0.25) is 0 Å². The maximum absolute atomic E-state index is 13.3. The molecular weight excluding hydrogens is 273 g/mol. The Labute approximate surface area is 123 Å². The van der Waals surface area contributed by atoms with Gasteiger partial charge in [0.05, 0.1) is 6.10 Å². The number of nitrogens with zero attached hydrogens (tertiary/aromatic N) is 1. The fourth-order valence-electron chi connectivity index (χ4n) is 2.52. The van der Waals surface area contributed by atoms with E-state index in [0.29, 0.717) is 12.1 Å². The number of hydrogen-bond acceptors (Lipinski definition) is 3. The first-order valence-corrected chi connectivity index (χ1v) is 7.04. The molecule has 1 aliphatic rings. The fourth-order valence-corrected chi connectivity index (χ4v) is 2.52. The highest BCUT2D eigenvalue weighted by atomic mass is 19.1. The lowest BCUT2D eigenvalue weighted by Crippen LogP contribution is -2.28. The third-order valence-corrected chi connectivity index (χ3v) is 3.49. The summed E-state index contributed by atoms with van der Waals surface area (Å²) in [6.07, 6.45) is 4.88. The van der Waals surface area contributed by atoms with Crippen molar-refractivity contribution < 1.29 is 19.0 Å². The quantitative estimate of drug-likeness (QED) is 0.819. The Hall–Kier alpha value is -1.72. The molecule has 1 aromatic rings. The predicted octanol–water partition coefficient (Wildman–Crippen LogP) is 2.53. The fraction of sp³-hybridized carbons (Fsp3) is 0.438. The molecule has 0 bridgehead atoms. The Balaban J connectivity index is 2.05. The summed E-state index contributed by atoms with van der Waals surface area (Å²) in [5.41, 5.74) is 1.49. The number of carboxylic acid groups (broad SMARTS) is 1. The molecule has 1 unspecified atom stereocenters. The van der Waals surface area contributed by atoms with Crippen LogP contribution < -0.4 is 0 Å². The van der Waals surface area contributed by atoms with Crippen molar-refractivity contribution in [3.63, 3.8) is 0 Å². The second-order valence-electron chi connectivity index (χ2n) is 5.35. The lowest BCUT2D eigenvalue weighted by molar-refractivity contribution is -0.131. The zero-order valence-corrected chi connectivity index (χ0v) is 12.1. The van der Waals surface area contributed by atoms with Crippen LogP contribution in [0.25, 0.3) is 6.08 Å². The minimum atomic E-state index is -1.04. The standard InChI is InChI=1S/C16H20FNO3/c1-18(11-15-3-2-8-21-15)10-13-4-6-14(17)9-12(13)5-7-16(19)20/h4-7,9,15H,2-3,8,10-11H2,1H3,(H,19,20). The summed E-state index contributed by atoms with van der Waals surface area (Å²) >= 11 is 0. The van der Waals surface area contributed by atoms with Gasteiger partial charge >= 0.3 is 5.97 Å². The van der Waals surface area contributed by atoms with Gasteiger partial charge < -0.3 is 9.84 Å². The minimum Gasteiger partial charge on any atom is -0.478 e. The van der Waals surface area contributed by atoms with E-state index < -0.39 is 5.97 Å². The molecule has 114 valence electrons. The Bertz CT molecular complexity index is 524. The minimum absolute atomic E-state index is 0.258. The number of hydrogen-bond donors (Lipinski definition) is 1. The van der Waals surface area contributed by atoms with Crippen molar-refractivity contribution in [2.45, 2.75) is 25.5 Å². The van der Waals surface area contributed by atoms with E-state index in [2.05, 4.69) is 4.90 Å². The summed E-state index contributed by atoms with van der Waals surface area (Å²) in [7, 11) is 1.98. The van der Waals surface area contributed by atoms with E-state index >= 15 is 0 Å². The van der Waals surface area contributed by atoms with Gasteiger partial charge in [-0.3, -0.25) is 4.90 Å². The van der Waals surface area contributed by atoms with E-state index in [1.807, 2.05) is 7.05 Å². The molecule has 1 heterocycles. The maximum atomic E-state index is 13.3. The second-order valence-corrected chi connectivity index (χ2v) is 5.35. The van der Waals surface area contributed by atoms with Gasteiger partial charge in [0.2, 0.25) is 0 Å². The molecule has 1 saturated heterocycles. The first-order chi connectivity index (χ1) is 10.0. The zero-order valence-electron chi connectivity index (χ0n) is 12.1. The number of likely N-dealkylation sites (N-methyl/N-ethyl adjacent to an activating group) is 1. The third-order valence-electron chi connectivity index (χ3n) is 3.49.